The number of piperazine rings is 1. The third-order valence-corrected chi connectivity index (χ3v) is 6.34. The normalized spacial score (nSPS) is 14.9. The molecule has 1 aliphatic heterocycles. The molecular formula is C21H22N4O4S. The number of Topliss-reactive ketones (excluding diaryl/α,β-unsaturated/α-hetero) is 1. The van der Waals surface area contributed by atoms with Crippen molar-refractivity contribution in [2.45, 2.75) is 11.8 Å². The Balaban J connectivity index is 1.45. The van der Waals surface area contributed by atoms with Gasteiger partial charge in [0.25, 0.3) is 11.7 Å². The van der Waals surface area contributed by atoms with Gasteiger partial charge in [-0.1, -0.05) is 18.2 Å². The number of carbonyl (C=O) groups excluding carboxylic acids is 2. The number of anilines is 1. The average molecular weight is 426 g/mol. The second kappa shape index (κ2) is 7.58. The van der Waals surface area contributed by atoms with E-state index < -0.39 is 21.7 Å². The van der Waals surface area contributed by atoms with Gasteiger partial charge in [-0.25, -0.2) is 13.6 Å². The van der Waals surface area contributed by atoms with Crippen molar-refractivity contribution in [3.63, 3.8) is 0 Å². The number of aryl methyl sites for hydroxylation is 1. The van der Waals surface area contributed by atoms with E-state index in [1.54, 1.807) is 24.0 Å². The molecule has 3 aromatic rings. The lowest BCUT2D eigenvalue weighted by Gasteiger charge is -2.35. The van der Waals surface area contributed by atoms with E-state index in [4.69, 9.17) is 5.14 Å². The molecule has 0 atom stereocenters. The molecule has 2 aromatic carbocycles. The van der Waals surface area contributed by atoms with E-state index in [1.807, 2.05) is 29.2 Å². The highest BCUT2D eigenvalue weighted by Crippen LogP contribution is 2.24. The minimum absolute atomic E-state index is 0.0553. The Bertz CT molecular complexity index is 1220. The summed E-state index contributed by atoms with van der Waals surface area (Å²) in [5.41, 5.74) is 2.78. The van der Waals surface area contributed by atoms with Crippen LogP contribution in [0.4, 0.5) is 5.69 Å². The van der Waals surface area contributed by atoms with E-state index in [2.05, 4.69) is 4.98 Å². The quantitative estimate of drug-likeness (QED) is 0.486. The summed E-state index contributed by atoms with van der Waals surface area (Å²) >= 11 is 0. The van der Waals surface area contributed by atoms with Crippen LogP contribution >= 0.6 is 0 Å². The third-order valence-electron chi connectivity index (χ3n) is 5.41. The first-order chi connectivity index (χ1) is 14.3. The molecule has 156 valence electrons. The number of hydrogen-bond donors (Lipinski definition) is 2. The highest BCUT2D eigenvalue weighted by molar-refractivity contribution is 7.89. The Hall–Kier alpha value is -3.17. The van der Waals surface area contributed by atoms with E-state index >= 15 is 0 Å². The lowest BCUT2D eigenvalue weighted by Crippen LogP contribution is -2.50. The fourth-order valence-corrected chi connectivity index (χ4v) is 4.35. The highest BCUT2D eigenvalue weighted by atomic mass is 32.2. The number of para-hydroxylation sites is 1. The molecule has 30 heavy (non-hydrogen) atoms. The molecule has 1 aromatic heterocycles. The third kappa shape index (κ3) is 3.69. The highest BCUT2D eigenvalue weighted by Gasteiger charge is 2.29. The number of rotatable bonds is 4. The fraction of sp³-hybridized carbons (Fsp3) is 0.238. The zero-order valence-corrected chi connectivity index (χ0v) is 17.3. The number of aromatic amines is 1. The number of nitrogens with two attached hydrogens (primary N) is 1. The first-order valence-corrected chi connectivity index (χ1v) is 11.1. The van der Waals surface area contributed by atoms with Gasteiger partial charge in [-0.2, -0.15) is 0 Å². The summed E-state index contributed by atoms with van der Waals surface area (Å²) in [7, 11) is -3.73. The summed E-state index contributed by atoms with van der Waals surface area (Å²) in [6, 6.07) is 13.7. The molecule has 0 spiro atoms. The van der Waals surface area contributed by atoms with Crippen molar-refractivity contribution in [3.05, 3.63) is 59.8 Å². The molecule has 2 heterocycles. The van der Waals surface area contributed by atoms with Gasteiger partial charge in [0.15, 0.2) is 0 Å². The lowest BCUT2D eigenvalue weighted by molar-refractivity contribution is -0.126. The number of primary sulfonamides is 1. The zero-order chi connectivity index (χ0) is 21.5. The molecule has 0 radical (unpaired) electrons. The van der Waals surface area contributed by atoms with Crippen molar-refractivity contribution >= 4 is 38.3 Å². The van der Waals surface area contributed by atoms with Gasteiger partial charge in [0, 0.05) is 48.5 Å². The number of nitrogens with one attached hydrogen (secondary N) is 1. The van der Waals surface area contributed by atoms with Gasteiger partial charge in [0.05, 0.1) is 10.5 Å². The van der Waals surface area contributed by atoms with Crippen molar-refractivity contribution in [2.24, 2.45) is 5.14 Å². The van der Waals surface area contributed by atoms with Crippen LogP contribution in [0.15, 0.2) is 53.4 Å². The van der Waals surface area contributed by atoms with Crippen LogP contribution in [0.1, 0.15) is 16.1 Å². The summed E-state index contributed by atoms with van der Waals surface area (Å²) in [6.07, 6.45) is 0. The predicted octanol–water partition coefficient (Wildman–Crippen LogP) is 1.66. The number of sulfonamides is 1. The van der Waals surface area contributed by atoms with Crippen LogP contribution in [0.2, 0.25) is 0 Å². The van der Waals surface area contributed by atoms with Gasteiger partial charge in [-0.15, -0.1) is 0 Å². The number of amides is 1. The maximum absolute atomic E-state index is 12.9. The van der Waals surface area contributed by atoms with Crippen LogP contribution in [0, 0.1) is 6.92 Å². The Morgan fingerprint density at radius 3 is 2.23 bits per heavy atom. The standard InChI is InChI=1S/C21H22N4O4S/c1-14-19(17-4-2-3-5-18(17)23-14)20(26)21(27)25-12-10-24(11-13-25)15-6-8-16(9-7-15)30(22,28)29/h2-9,23H,10-13H2,1H3,(H2,22,28,29). The molecule has 9 heteroatoms. The SMILES string of the molecule is Cc1[nH]c2ccccc2c1C(=O)C(=O)N1CCN(c2ccc(S(N)(=O)=O)cc2)CC1. The van der Waals surface area contributed by atoms with E-state index in [0.717, 1.165) is 16.6 Å². The predicted molar refractivity (Wildman–Crippen MR) is 114 cm³/mol. The average Bonchev–Trinajstić information content (AvgIpc) is 3.08. The minimum Gasteiger partial charge on any atom is -0.368 e. The first-order valence-electron chi connectivity index (χ1n) is 9.54. The van der Waals surface area contributed by atoms with Gasteiger partial charge in [-0.3, -0.25) is 9.59 Å². The minimum atomic E-state index is -3.73. The monoisotopic (exact) mass is 426 g/mol. The second-order valence-electron chi connectivity index (χ2n) is 7.32. The summed E-state index contributed by atoms with van der Waals surface area (Å²) in [5, 5.41) is 5.88. The summed E-state index contributed by atoms with van der Waals surface area (Å²) in [4.78, 5) is 32.6. The molecule has 3 N–H and O–H groups in total. The van der Waals surface area contributed by atoms with Gasteiger partial charge in [0.1, 0.15) is 0 Å². The van der Waals surface area contributed by atoms with Crippen LogP contribution in [0.5, 0.6) is 0 Å². The Kier molecular flexibility index (Phi) is 5.08. The van der Waals surface area contributed by atoms with Gasteiger partial charge in [-0.05, 0) is 37.3 Å². The Morgan fingerprint density at radius 2 is 1.60 bits per heavy atom. The molecule has 1 amide bonds. The number of H-pyrrole nitrogens is 1. The zero-order valence-electron chi connectivity index (χ0n) is 16.5. The molecule has 1 aliphatic rings. The number of carbonyl (C=O) groups is 2. The number of hydrogen-bond acceptors (Lipinski definition) is 5. The lowest BCUT2D eigenvalue weighted by atomic mass is 10.1. The molecule has 0 unspecified atom stereocenters. The van der Waals surface area contributed by atoms with Crippen LogP contribution in [-0.4, -0.2) is 56.2 Å². The molecular weight excluding hydrogens is 404 g/mol. The van der Waals surface area contributed by atoms with E-state index in [0.29, 0.717) is 37.4 Å². The molecule has 0 saturated carbocycles. The van der Waals surface area contributed by atoms with Crippen LogP contribution in [0.25, 0.3) is 10.9 Å². The first kappa shape index (κ1) is 20.1. The second-order valence-corrected chi connectivity index (χ2v) is 8.88. The number of fused-ring (bicyclic) bond motifs is 1. The number of benzene rings is 2. The molecule has 0 bridgehead atoms. The van der Waals surface area contributed by atoms with Crippen molar-refractivity contribution in [1.29, 1.82) is 0 Å². The molecule has 1 saturated heterocycles. The smallest absolute Gasteiger partial charge is 0.295 e. The Labute approximate surface area is 174 Å². The fourth-order valence-electron chi connectivity index (χ4n) is 3.83. The number of ketones is 1. The van der Waals surface area contributed by atoms with Gasteiger partial charge < -0.3 is 14.8 Å². The molecule has 1 fully saturated rings. The van der Waals surface area contributed by atoms with Crippen molar-refractivity contribution < 1.29 is 18.0 Å². The van der Waals surface area contributed by atoms with Crippen molar-refractivity contribution in [3.8, 4) is 0 Å². The topological polar surface area (TPSA) is 117 Å². The largest absolute Gasteiger partial charge is 0.368 e. The molecule has 0 aliphatic carbocycles. The van der Waals surface area contributed by atoms with Crippen LogP contribution in [0.3, 0.4) is 0 Å². The maximum atomic E-state index is 12.9. The number of aromatic nitrogens is 1. The number of nitrogens with zero attached hydrogens (tertiary/aromatic N) is 2. The van der Waals surface area contributed by atoms with E-state index in [1.165, 1.54) is 12.1 Å². The summed E-state index contributed by atoms with van der Waals surface area (Å²) in [5.74, 6) is -1.01. The summed E-state index contributed by atoms with van der Waals surface area (Å²) < 4.78 is 22.8. The van der Waals surface area contributed by atoms with E-state index in [9.17, 15) is 18.0 Å². The molecule has 4 rings (SSSR count). The van der Waals surface area contributed by atoms with Gasteiger partial charge >= 0.3 is 0 Å². The van der Waals surface area contributed by atoms with Crippen molar-refractivity contribution in [1.82, 2.24) is 9.88 Å². The Morgan fingerprint density at radius 1 is 0.967 bits per heavy atom. The van der Waals surface area contributed by atoms with Crippen LogP contribution in [-0.2, 0) is 14.8 Å². The maximum Gasteiger partial charge on any atom is 0.295 e. The van der Waals surface area contributed by atoms with Crippen LogP contribution < -0.4 is 10.0 Å². The van der Waals surface area contributed by atoms with E-state index in [-0.39, 0.29) is 4.90 Å². The van der Waals surface area contributed by atoms with Crippen molar-refractivity contribution in [2.75, 3.05) is 31.1 Å². The van der Waals surface area contributed by atoms with Gasteiger partial charge in [0.2, 0.25) is 10.0 Å². The molecule has 8 nitrogen and oxygen atoms in total. The summed E-state index contributed by atoms with van der Waals surface area (Å²) in [6.45, 7) is 3.69.